The molecule has 0 radical (unpaired) electrons. The summed E-state index contributed by atoms with van der Waals surface area (Å²) in [7, 11) is 1.61. The van der Waals surface area contributed by atoms with Crippen LogP contribution in [0.4, 0.5) is 0 Å². The first-order chi connectivity index (χ1) is 9.72. The van der Waals surface area contributed by atoms with Gasteiger partial charge in [0.2, 0.25) is 5.79 Å². The quantitative estimate of drug-likeness (QED) is 0.806. The summed E-state index contributed by atoms with van der Waals surface area (Å²) in [4.78, 5) is 12.6. The van der Waals surface area contributed by atoms with Crippen LogP contribution in [0.5, 0.6) is 0 Å². The molecule has 4 nitrogen and oxygen atoms in total. The highest BCUT2D eigenvalue weighted by Crippen LogP contribution is 2.65. The minimum atomic E-state index is -0.992. The molecule has 1 fully saturated rings. The van der Waals surface area contributed by atoms with Gasteiger partial charge in [0.05, 0.1) is 17.1 Å². The molecular formula is C17H22O4. The normalized spacial score (nSPS) is 42.4. The fourth-order valence-corrected chi connectivity index (χ4v) is 4.76. The van der Waals surface area contributed by atoms with Crippen molar-refractivity contribution in [2.75, 3.05) is 7.11 Å². The Morgan fingerprint density at radius 1 is 1.33 bits per heavy atom. The predicted molar refractivity (Wildman–Crippen MR) is 78.7 cm³/mol. The van der Waals surface area contributed by atoms with Gasteiger partial charge in [-0.2, -0.15) is 0 Å². The molecule has 0 amide bonds. The van der Waals surface area contributed by atoms with E-state index < -0.39 is 11.2 Å². The number of hydrogen-bond donors (Lipinski definition) is 1. The molecule has 3 rings (SSSR count). The summed E-state index contributed by atoms with van der Waals surface area (Å²) in [5.74, 6) is -1.04. The third-order valence-electron chi connectivity index (χ3n) is 5.68. The van der Waals surface area contributed by atoms with E-state index in [4.69, 9.17) is 9.47 Å². The van der Waals surface area contributed by atoms with Crippen molar-refractivity contribution in [3.05, 3.63) is 34.1 Å². The van der Waals surface area contributed by atoms with Crippen molar-refractivity contribution < 1.29 is 19.4 Å². The van der Waals surface area contributed by atoms with Crippen LogP contribution in [0.15, 0.2) is 34.1 Å². The molecule has 0 aromatic rings. The molecule has 3 aliphatic rings. The molecule has 4 heteroatoms. The number of methoxy groups -OCH3 is 1. The van der Waals surface area contributed by atoms with Crippen molar-refractivity contribution in [3.63, 3.8) is 0 Å². The lowest BCUT2D eigenvalue weighted by atomic mass is 9.56. The Morgan fingerprint density at radius 2 is 1.95 bits per heavy atom. The first kappa shape index (κ1) is 14.5. The first-order valence-electron chi connectivity index (χ1n) is 7.30. The van der Waals surface area contributed by atoms with Crippen LogP contribution in [0.1, 0.15) is 34.6 Å². The van der Waals surface area contributed by atoms with Gasteiger partial charge in [0.25, 0.3) is 0 Å². The molecule has 0 bridgehead atoms. The maximum Gasteiger partial charge on any atom is 0.201 e. The molecule has 1 aliphatic heterocycles. The number of aliphatic hydroxyl groups excluding tert-OH is 1. The number of rotatable bonds is 1. The highest BCUT2D eigenvalue weighted by atomic mass is 16.7. The van der Waals surface area contributed by atoms with Crippen molar-refractivity contribution in [3.8, 4) is 0 Å². The zero-order valence-electron chi connectivity index (χ0n) is 13.4. The Bertz CT molecular complexity index is 639. The zero-order chi connectivity index (χ0) is 15.7. The molecule has 1 heterocycles. The Hall–Kier alpha value is -1.39. The fourth-order valence-electron chi connectivity index (χ4n) is 4.76. The molecule has 0 spiro atoms. The first-order valence-corrected chi connectivity index (χ1v) is 7.30. The van der Waals surface area contributed by atoms with E-state index in [9.17, 15) is 9.90 Å². The highest BCUT2D eigenvalue weighted by Gasteiger charge is 2.70. The summed E-state index contributed by atoms with van der Waals surface area (Å²) in [5.41, 5.74) is 2.21. The lowest BCUT2D eigenvalue weighted by Crippen LogP contribution is -2.55. The summed E-state index contributed by atoms with van der Waals surface area (Å²) in [6.45, 7) is 9.63. The van der Waals surface area contributed by atoms with Gasteiger partial charge in [-0.1, -0.05) is 5.57 Å². The van der Waals surface area contributed by atoms with Crippen molar-refractivity contribution in [1.29, 1.82) is 0 Å². The van der Waals surface area contributed by atoms with E-state index in [1.807, 2.05) is 27.7 Å². The number of aliphatic hydroxyl groups is 1. The second-order valence-electron chi connectivity index (χ2n) is 6.55. The van der Waals surface area contributed by atoms with Gasteiger partial charge in [-0.25, -0.2) is 0 Å². The van der Waals surface area contributed by atoms with Crippen LogP contribution < -0.4 is 0 Å². The molecule has 0 aromatic carbocycles. The molecule has 1 saturated heterocycles. The maximum absolute atomic E-state index is 12.6. The smallest absolute Gasteiger partial charge is 0.201 e. The van der Waals surface area contributed by atoms with Gasteiger partial charge in [-0.15, -0.1) is 0 Å². The van der Waals surface area contributed by atoms with Gasteiger partial charge in [-0.05, 0) is 51.8 Å². The average molecular weight is 290 g/mol. The van der Waals surface area contributed by atoms with Crippen LogP contribution in [-0.2, 0) is 14.3 Å². The van der Waals surface area contributed by atoms with E-state index in [2.05, 4.69) is 0 Å². The van der Waals surface area contributed by atoms with Crippen molar-refractivity contribution in [2.45, 2.75) is 46.5 Å². The van der Waals surface area contributed by atoms with Crippen LogP contribution in [0, 0.1) is 11.3 Å². The van der Waals surface area contributed by atoms with E-state index in [0.29, 0.717) is 11.1 Å². The largest absolute Gasteiger partial charge is 0.507 e. The minimum absolute atomic E-state index is 0.00958. The molecule has 0 saturated carbocycles. The highest BCUT2D eigenvalue weighted by molar-refractivity contribution is 6.08. The number of carbonyl (C=O) groups excluding carboxylic acids is 1. The van der Waals surface area contributed by atoms with Crippen molar-refractivity contribution in [2.24, 2.45) is 11.3 Å². The third-order valence-corrected chi connectivity index (χ3v) is 5.68. The van der Waals surface area contributed by atoms with E-state index in [1.54, 1.807) is 20.1 Å². The molecule has 2 aliphatic carbocycles. The van der Waals surface area contributed by atoms with Crippen LogP contribution >= 0.6 is 0 Å². The molecule has 114 valence electrons. The third kappa shape index (κ3) is 1.35. The van der Waals surface area contributed by atoms with Crippen molar-refractivity contribution in [1.82, 2.24) is 0 Å². The molecule has 0 unspecified atom stereocenters. The monoisotopic (exact) mass is 290 g/mol. The van der Waals surface area contributed by atoms with Gasteiger partial charge in [0.1, 0.15) is 5.76 Å². The number of hydrogen-bond acceptors (Lipinski definition) is 4. The van der Waals surface area contributed by atoms with E-state index >= 15 is 0 Å². The minimum Gasteiger partial charge on any atom is -0.507 e. The molecule has 4 atom stereocenters. The topological polar surface area (TPSA) is 55.8 Å². The number of allylic oxidation sites excluding steroid dienone is 2. The van der Waals surface area contributed by atoms with E-state index in [-0.39, 0.29) is 23.6 Å². The molecule has 21 heavy (non-hydrogen) atoms. The van der Waals surface area contributed by atoms with Crippen LogP contribution in [0.25, 0.3) is 0 Å². The van der Waals surface area contributed by atoms with Gasteiger partial charge < -0.3 is 14.6 Å². The standard InChI is InChI=1S/C17H22O4/c1-8-7-12(18)14-15(19)9(2)10(3)17(20-6)16(14,5)13(8)11(4)21-17/h7,11,13,19H,1-6H3/t11-,13-,16+,17-/m1/s1. The molecular weight excluding hydrogens is 268 g/mol. The van der Waals surface area contributed by atoms with E-state index in [1.165, 1.54) is 0 Å². The van der Waals surface area contributed by atoms with Gasteiger partial charge >= 0.3 is 0 Å². The van der Waals surface area contributed by atoms with Crippen LogP contribution in [0.2, 0.25) is 0 Å². The Balaban J connectivity index is 2.43. The summed E-state index contributed by atoms with van der Waals surface area (Å²) < 4.78 is 12.1. The summed E-state index contributed by atoms with van der Waals surface area (Å²) in [6, 6.07) is 0. The Labute approximate surface area is 125 Å². The Kier molecular flexibility index (Phi) is 2.83. The summed E-state index contributed by atoms with van der Waals surface area (Å²) in [5, 5.41) is 10.6. The lowest BCUT2D eigenvalue weighted by Gasteiger charge is -2.49. The predicted octanol–water partition coefficient (Wildman–Crippen LogP) is 3.06. The van der Waals surface area contributed by atoms with Crippen LogP contribution in [0.3, 0.4) is 0 Å². The van der Waals surface area contributed by atoms with Crippen LogP contribution in [-0.4, -0.2) is 29.9 Å². The lowest BCUT2D eigenvalue weighted by molar-refractivity contribution is -0.220. The second-order valence-corrected chi connectivity index (χ2v) is 6.55. The van der Waals surface area contributed by atoms with E-state index in [0.717, 1.165) is 11.1 Å². The second kappa shape index (κ2) is 4.08. The molecule has 1 N–H and O–H groups in total. The number of carbonyl (C=O) groups is 1. The summed E-state index contributed by atoms with van der Waals surface area (Å²) in [6.07, 6.45) is 1.53. The maximum atomic E-state index is 12.6. The number of ether oxygens (including phenoxy) is 2. The van der Waals surface area contributed by atoms with Gasteiger partial charge in [-0.3, -0.25) is 4.79 Å². The van der Waals surface area contributed by atoms with Crippen molar-refractivity contribution >= 4 is 5.78 Å². The average Bonchev–Trinajstić information content (AvgIpc) is 2.64. The van der Waals surface area contributed by atoms with Gasteiger partial charge in [0, 0.05) is 13.0 Å². The number of ketones is 1. The SMILES string of the molecule is CO[C@@]12O[C@H](C)[C@H]3C(C)=CC(=O)C(=C(O)C(C)=C1C)[C@]32C. The Morgan fingerprint density at radius 3 is 2.52 bits per heavy atom. The fraction of sp³-hybridized carbons (Fsp3) is 0.588. The molecule has 0 aromatic heterocycles. The zero-order valence-corrected chi connectivity index (χ0v) is 13.4. The summed E-state index contributed by atoms with van der Waals surface area (Å²) >= 11 is 0. The van der Waals surface area contributed by atoms with Gasteiger partial charge in [0.15, 0.2) is 5.78 Å².